The van der Waals surface area contributed by atoms with Gasteiger partial charge in [0.1, 0.15) is 17.6 Å². The number of nitrogens with one attached hydrogen (secondary N) is 1. The van der Waals surface area contributed by atoms with Crippen LogP contribution in [0.2, 0.25) is 0 Å². The quantitative estimate of drug-likeness (QED) is 0.485. The number of carboxylic acid groups (broad SMARTS) is 1. The molecule has 1 fully saturated rings. The Bertz CT molecular complexity index is 931. The van der Waals surface area contributed by atoms with Gasteiger partial charge in [-0.25, -0.2) is 0 Å². The molecule has 144 valence electrons. The molecule has 1 heterocycles. The predicted molar refractivity (Wildman–Crippen MR) is 112 cm³/mol. The van der Waals surface area contributed by atoms with Crippen molar-refractivity contribution in [3.8, 4) is 5.75 Å². The number of benzene rings is 2. The summed E-state index contributed by atoms with van der Waals surface area (Å²) in [6, 6.07) is 15.3. The Morgan fingerprint density at radius 3 is 2.82 bits per heavy atom. The summed E-state index contributed by atoms with van der Waals surface area (Å²) < 4.78 is 6.80. The maximum atomic E-state index is 11.7. The number of carbonyl (C=O) groups is 2. The molecule has 0 aliphatic carbocycles. The second-order valence-electron chi connectivity index (χ2n) is 5.83. The van der Waals surface area contributed by atoms with E-state index in [1.165, 1.54) is 6.21 Å². The van der Waals surface area contributed by atoms with Crippen LogP contribution >= 0.6 is 27.7 Å². The third kappa shape index (κ3) is 5.93. The Morgan fingerprint density at radius 1 is 1.29 bits per heavy atom. The van der Waals surface area contributed by atoms with Crippen LogP contribution in [-0.4, -0.2) is 33.6 Å². The molecular formula is C19H16BrN3O4S. The molecule has 1 aliphatic heterocycles. The Kier molecular flexibility index (Phi) is 6.83. The highest BCUT2D eigenvalue weighted by molar-refractivity contribution is 9.10. The van der Waals surface area contributed by atoms with E-state index in [9.17, 15) is 9.59 Å². The number of ether oxygens (including phenoxy) is 1. The summed E-state index contributed by atoms with van der Waals surface area (Å²) in [5.41, 5.74) is 1.84. The molecule has 2 aromatic rings. The van der Waals surface area contributed by atoms with Crippen LogP contribution in [0.4, 0.5) is 0 Å². The number of carboxylic acids is 1. The minimum absolute atomic E-state index is 0.253. The fourth-order valence-corrected chi connectivity index (χ4v) is 3.50. The van der Waals surface area contributed by atoms with Crippen molar-refractivity contribution in [2.45, 2.75) is 18.3 Å². The molecule has 0 radical (unpaired) electrons. The number of hydrogen-bond acceptors (Lipinski definition) is 6. The molecule has 1 aliphatic rings. The van der Waals surface area contributed by atoms with Crippen molar-refractivity contribution < 1.29 is 19.4 Å². The first-order chi connectivity index (χ1) is 13.5. The summed E-state index contributed by atoms with van der Waals surface area (Å²) in [4.78, 5) is 22.4. The lowest BCUT2D eigenvalue weighted by Gasteiger charge is -2.07. The van der Waals surface area contributed by atoms with Crippen LogP contribution in [0, 0.1) is 0 Å². The van der Waals surface area contributed by atoms with Gasteiger partial charge in [0.2, 0.25) is 5.91 Å². The third-order valence-electron chi connectivity index (χ3n) is 3.67. The Hall–Kier alpha value is -2.65. The van der Waals surface area contributed by atoms with Gasteiger partial charge in [0.25, 0.3) is 0 Å². The molecule has 0 aromatic heterocycles. The lowest BCUT2D eigenvalue weighted by atomic mass is 10.2. The highest BCUT2D eigenvalue weighted by Crippen LogP contribution is 2.22. The van der Waals surface area contributed by atoms with Gasteiger partial charge < -0.3 is 15.2 Å². The Labute approximate surface area is 174 Å². The largest absolute Gasteiger partial charge is 0.489 e. The topological polar surface area (TPSA) is 100 Å². The van der Waals surface area contributed by atoms with Crippen LogP contribution in [0.15, 0.2) is 63.2 Å². The molecule has 1 saturated heterocycles. The number of amides is 1. The number of amidine groups is 1. The van der Waals surface area contributed by atoms with Crippen molar-refractivity contribution in [3.05, 3.63) is 64.1 Å². The molecule has 3 rings (SSSR count). The average molecular weight is 462 g/mol. The molecular weight excluding hydrogens is 446 g/mol. The maximum Gasteiger partial charge on any atom is 0.305 e. The van der Waals surface area contributed by atoms with Crippen molar-refractivity contribution in [2.75, 3.05) is 0 Å². The molecule has 1 atom stereocenters. The van der Waals surface area contributed by atoms with Crippen LogP contribution in [0.5, 0.6) is 5.75 Å². The maximum absolute atomic E-state index is 11.7. The molecule has 28 heavy (non-hydrogen) atoms. The normalized spacial score (nSPS) is 17.8. The van der Waals surface area contributed by atoms with Crippen molar-refractivity contribution >= 4 is 51.0 Å². The molecule has 2 N–H and O–H groups in total. The molecule has 1 unspecified atom stereocenters. The Morgan fingerprint density at radius 2 is 2.07 bits per heavy atom. The van der Waals surface area contributed by atoms with E-state index in [4.69, 9.17) is 9.84 Å². The number of hydrogen-bond donors (Lipinski definition) is 2. The number of aliphatic carboxylic acids is 1. The summed E-state index contributed by atoms with van der Waals surface area (Å²) in [6.45, 7) is 0.448. The number of thioether (sulfide) groups is 1. The molecule has 0 bridgehead atoms. The highest BCUT2D eigenvalue weighted by Gasteiger charge is 2.32. The zero-order valence-electron chi connectivity index (χ0n) is 14.5. The Balaban J connectivity index is 1.57. The van der Waals surface area contributed by atoms with E-state index in [2.05, 4.69) is 31.4 Å². The van der Waals surface area contributed by atoms with Gasteiger partial charge in [-0.3, -0.25) is 9.59 Å². The van der Waals surface area contributed by atoms with Gasteiger partial charge in [-0.1, -0.05) is 52.0 Å². The van der Waals surface area contributed by atoms with E-state index in [-0.39, 0.29) is 17.5 Å². The third-order valence-corrected chi connectivity index (χ3v) is 5.27. The molecule has 2 aromatic carbocycles. The van der Waals surface area contributed by atoms with Gasteiger partial charge >= 0.3 is 5.97 Å². The van der Waals surface area contributed by atoms with Crippen molar-refractivity contribution in [1.82, 2.24) is 5.32 Å². The lowest BCUT2D eigenvalue weighted by molar-refractivity contribution is -0.138. The predicted octanol–water partition coefficient (Wildman–Crippen LogP) is 3.42. The first-order valence-electron chi connectivity index (χ1n) is 8.27. The number of carbonyl (C=O) groups excluding carboxylic acids is 1. The number of halogens is 1. The smallest absolute Gasteiger partial charge is 0.305 e. The first kappa shape index (κ1) is 20.1. The molecule has 7 nitrogen and oxygen atoms in total. The van der Waals surface area contributed by atoms with Crippen LogP contribution < -0.4 is 10.1 Å². The van der Waals surface area contributed by atoms with Gasteiger partial charge in [0, 0.05) is 4.47 Å². The van der Waals surface area contributed by atoms with Crippen LogP contribution in [0.3, 0.4) is 0 Å². The highest BCUT2D eigenvalue weighted by atomic mass is 79.9. The van der Waals surface area contributed by atoms with Gasteiger partial charge in [-0.2, -0.15) is 5.10 Å². The van der Waals surface area contributed by atoms with Crippen molar-refractivity contribution in [3.63, 3.8) is 0 Å². The van der Waals surface area contributed by atoms with Crippen molar-refractivity contribution in [1.29, 1.82) is 0 Å². The van der Waals surface area contributed by atoms with E-state index in [0.29, 0.717) is 12.4 Å². The van der Waals surface area contributed by atoms with Gasteiger partial charge in [-0.05, 0) is 35.4 Å². The number of nitrogens with zero attached hydrogens (tertiary/aromatic N) is 2. The van der Waals surface area contributed by atoms with Gasteiger partial charge in [0.05, 0.1) is 12.6 Å². The standard InChI is InChI=1S/C19H16BrN3O4S/c20-14-6-4-12(5-7-14)11-27-15-3-1-2-13(8-15)10-21-23-19-22-18(26)16(28-19)9-17(24)25/h1-8,10,16H,9,11H2,(H,24,25)(H,22,23,26). The molecule has 0 saturated carbocycles. The molecule has 1 amide bonds. The second kappa shape index (κ2) is 9.52. The fraction of sp³-hybridized carbons (Fsp3) is 0.158. The van der Waals surface area contributed by atoms with E-state index < -0.39 is 11.2 Å². The van der Waals surface area contributed by atoms with Crippen LogP contribution in [0.25, 0.3) is 0 Å². The second-order valence-corrected chi connectivity index (χ2v) is 7.94. The minimum atomic E-state index is -1.03. The molecule has 0 spiro atoms. The number of rotatable bonds is 7. The van der Waals surface area contributed by atoms with E-state index in [1.54, 1.807) is 0 Å². The van der Waals surface area contributed by atoms with E-state index >= 15 is 0 Å². The zero-order chi connectivity index (χ0) is 19.9. The lowest BCUT2D eigenvalue weighted by Crippen LogP contribution is -2.26. The first-order valence-corrected chi connectivity index (χ1v) is 9.94. The monoisotopic (exact) mass is 461 g/mol. The average Bonchev–Trinajstić information content (AvgIpc) is 3.00. The van der Waals surface area contributed by atoms with Gasteiger partial charge in [0.15, 0.2) is 5.17 Å². The summed E-state index contributed by atoms with van der Waals surface area (Å²) in [7, 11) is 0. The summed E-state index contributed by atoms with van der Waals surface area (Å²) in [5, 5.41) is 18.8. The summed E-state index contributed by atoms with van der Waals surface area (Å²) >= 11 is 4.46. The van der Waals surface area contributed by atoms with E-state index in [1.807, 2.05) is 48.5 Å². The van der Waals surface area contributed by atoms with Crippen LogP contribution in [-0.2, 0) is 16.2 Å². The minimum Gasteiger partial charge on any atom is -0.489 e. The zero-order valence-corrected chi connectivity index (χ0v) is 16.9. The van der Waals surface area contributed by atoms with Crippen LogP contribution in [0.1, 0.15) is 17.5 Å². The van der Waals surface area contributed by atoms with E-state index in [0.717, 1.165) is 27.4 Å². The fourth-order valence-electron chi connectivity index (χ4n) is 2.33. The molecule has 9 heteroatoms. The summed E-state index contributed by atoms with van der Waals surface area (Å²) in [5.74, 6) is -0.702. The van der Waals surface area contributed by atoms with Gasteiger partial charge in [-0.15, -0.1) is 5.10 Å². The summed E-state index contributed by atoms with van der Waals surface area (Å²) in [6.07, 6.45) is 1.29. The SMILES string of the molecule is O=C(O)CC1S/C(=N/N=Cc2cccc(OCc3ccc(Br)cc3)c2)NC1=O. The van der Waals surface area contributed by atoms with Crippen molar-refractivity contribution in [2.24, 2.45) is 10.2 Å².